The summed E-state index contributed by atoms with van der Waals surface area (Å²) in [6.07, 6.45) is 45.5. The van der Waals surface area contributed by atoms with Gasteiger partial charge in [0.25, 0.3) is 0 Å². The molecule has 0 heterocycles. The number of rotatable bonds is 45. The zero-order chi connectivity index (χ0) is 42.8. The Morgan fingerprint density at radius 2 is 0.862 bits per heavy atom. The number of aliphatic carboxylic acids is 1. The number of hydrogen-bond acceptors (Lipinski definition) is 6. The van der Waals surface area contributed by atoms with Crippen LogP contribution in [-0.4, -0.2) is 80.6 Å². The van der Waals surface area contributed by atoms with Crippen molar-refractivity contribution in [2.45, 2.75) is 251 Å². The maximum absolute atomic E-state index is 12.7. The first-order valence-electron chi connectivity index (χ1n) is 24.7. The predicted molar refractivity (Wildman–Crippen MR) is 243 cm³/mol. The van der Waals surface area contributed by atoms with Crippen molar-refractivity contribution in [2.24, 2.45) is 0 Å². The highest BCUT2D eigenvalue weighted by molar-refractivity contribution is 5.72. The van der Waals surface area contributed by atoms with E-state index in [0.717, 1.165) is 38.5 Å². The van der Waals surface area contributed by atoms with Gasteiger partial charge in [-0.25, -0.2) is 4.79 Å². The van der Waals surface area contributed by atoms with E-state index in [9.17, 15) is 19.5 Å². The molecule has 2 unspecified atom stereocenters. The third-order valence-electron chi connectivity index (χ3n) is 11.4. The van der Waals surface area contributed by atoms with Gasteiger partial charge in [0, 0.05) is 19.3 Å². The van der Waals surface area contributed by atoms with Gasteiger partial charge in [-0.05, 0) is 38.5 Å². The minimum Gasteiger partial charge on any atom is -0.477 e. The van der Waals surface area contributed by atoms with Gasteiger partial charge in [-0.2, -0.15) is 0 Å². The van der Waals surface area contributed by atoms with Crippen LogP contribution in [0.4, 0.5) is 0 Å². The molecule has 0 aromatic carbocycles. The molecule has 0 rings (SSSR count). The number of carbonyl (C=O) groups excluding carboxylic acids is 2. The first kappa shape index (κ1) is 56.1. The van der Waals surface area contributed by atoms with Crippen LogP contribution in [0.5, 0.6) is 0 Å². The zero-order valence-electron chi connectivity index (χ0n) is 39.0. The Labute approximate surface area is 359 Å². The number of hydrogen-bond donors (Lipinski definition) is 1. The summed E-state index contributed by atoms with van der Waals surface area (Å²) >= 11 is 0. The summed E-state index contributed by atoms with van der Waals surface area (Å²) in [6.45, 7) is 4.76. The molecule has 0 amide bonds. The number of allylic oxidation sites excluding steroid dienone is 2. The maximum atomic E-state index is 12.7. The fourth-order valence-corrected chi connectivity index (χ4v) is 7.56. The number of likely N-dealkylation sites (N-methyl/N-ethyl adjacent to an activating group) is 1. The molecule has 8 heteroatoms. The van der Waals surface area contributed by atoms with Crippen LogP contribution in [0.3, 0.4) is 0 Å². The second-order valence-electron chi connectivity index (χ2n) is 18.1. The highest BCUT2D eigenvalue weighted by Gasteiger charge is 2.31. The second-order valence-corrected chi connectivity index (χ2v) is 18.1. The molecule has 0 spiro atoms. The van der Waals surface area contributed by atoms with Crippen molar-refractivity contribution >= 4 is 17.9 Å². The molecule has 342 valence electrons. The number of quaternary nitrogens is 1. The number of esters is 2. The molecular formula is C50H96NO7+. The number of carboxylic acid groups (broad SMARTS) is 1. The third kappa shape index (κ3) is 39.5. The summed E-state index contributed by atoms with van der Waals surface area (Å²) < 4.78 is 17.3. The van der Waals surface area contributed by atoms with E-state index in [1.165, 1.54) is 167 Å². The van der Waals surface area contributed by atoms with E-state index in [4.69, 9.17) is 14.2 Å². The summed E-state index contributed by atoms with van der Waals surface area (Å²) in [5.74, 6) is -1.46. The number of ether oxygens (including phenoxy) is 3. The summed E-state index contributed by atoms with van der Waals surface area (Å²) in [4.78, 5) is 37.0. The van der Waals surface area contributed by atoms with E-state index in [-0.39, 0.29) is 36.2 Å². The van der Waals surface area contributed by atoms with Gasteiger partial charge in [0.05, 0.1) is 34.4 Å². The minimum atomic E-state index is -0.872. The van der Waals surface area contributed by atoms with Gasteiger partial charge < -0.3 is 23.8 Å². The van der Waals surface area contributed by atoms with Crippen LogP contribution in [0.1, 0.15) is 239 Å². The van der Waals surface area contributed by atoms with E-state index < -0.39 is 18.1 Å². The van der Waals surface area contributed by atoms with Crippen molar-refractivity contribution in [3.05, 3.63) is 12.2 Å². The van der Waals surface area contributed by atoms with Gasteiger partial charge in [-0.15, -0.1) is 0 Å². The van der Waals surface area contributed by atoms with E-state index in [0.29, 0.717) is 19.3 Å². The Bertz CT molecular complexity index is 962. The summed E-state index contributed by atoms with van der Waals surface area (Å²) in [5, 5.41) is 9.62. The average Bonchev–Trinajstić information content (AvgIpc) is 3.18. The monoisotopic (exact) mass is 823 g/mol. The van der Waals surface area contributed by atoms with Crippen molar-refractivity contribution in [3.8, 4) is 0 Å². The summed E-state index contributed by atoms with van der Waals surface area (Å²) in [5.41, 5.74) is 0. The first-order valence-corrected chi connectivity index (χ1v) is 24.7. The minimum absolute atomic E-state index is 0.0473. The maximum Gasteiger partial charge on any atom is 0.362 e. The smallest absolute Gasteiger partial charge is 0.362 e. The van der Waals surface area contributed by atoms with Crippen LogP contribution in [0, 0.1) is 0 Å². The molecule has 0 aliphatic heterocycles. The zero-order valence-corrected chi connectivity index (χ0v) is 39.0. The molecular weight excluding hydrogens is 727 g/mol. The lowest BCUT2D eigenvalue weighted by Crippen LogP contribution is -2.50. The predicted octanol–water partition coefficient (Wildman–Crippen LogP) is 13.9. The standard InChI is InChI=1S/C50H95NO7/c1-6-8-10-12-14-16-18-19-20-21-22-23-24-25-26-27-28-29-31-32-34-36-38-40-48(52)57-45-46(44-56-43-42-47(50(54)55)51(3,4)5)58-49(53)41-39-37-35-33-30-17-15-13-11-9-7-2/h25-26,46-47H,6-24,27-45H2,1-5H3/p+1/b26-25+. The quantitative estimate of drug-likeness (QED) is 0.0283. The normalized spacial score (nSPS) is 12.9. The van der Waals surface area contributed by atoms with Crippen LogP contribution in [0.25, 0.3) is 0 Å². The van der Waals surface area contributed by atoms with E-state index in [2.05, 4.69) is 26.0 Å². The van der Waals surface area contributed by atoms with Crippen LogP contribution < -0.4 is 0 Å². The lowest BCUT2D eigenvalue weighted by Gasteiger charge is -2.31. The molecule has 0 aromatic heterocycles. The Balaban J connectivity index is 4.14. The first-order chi connectivity index (χ1) is 28.1. The topological polar surface area (TPSA) is 99.1 Å². The number of unbranched alkanes of at least 4 members (excludes halogenated alkanes) is 29. The Morgan fingerprint density at radius 3 is 1.24 bits per heavy atom. The molecule has 1 N–H and O–H groups in total. The van der Waals surface area contributed by atoms with Crippen molar-refractivity contribution in [3.63, 3.8) is 0 Å². The van der Waals surface area contributed by atoms with Gasteiger partial charge in [0.2, 0.25) is 0 Å². The third-order valence-corrected chi connectivity index (χ3v) is 11.4. The molecule has 2 atom stereocenters. The molecule has 0 saturated heterocycles. The van der Waals surface area contributed by atoms with Crippen LogP contribution in [0.15, 0.2) is 12.2 Å². The summed E-state index contributed by atoms with van der Waals surface area (Å²) in [6, 6.07) is -0.610. The van der Waals surface area contributed by atoms with E-state index in [1.54, 1.807) is 0 Å². The number of nitrogens with zero attached hydrogens (tertiary/aromatic N) is 1. The summed E-state index contributed by atoms with van der Waals surface area (Å²) in [7, 11) is 5.54. The highest BCUT2D eigenvalue weighted by atomic mass is 16.6. The SMILES string of the molecule is CCCCCCCCCCCCCC/C=C/CCCCCCCCCC(=O)OCC(COCCC(C(=O)O)[N+](C)(C)C)OC(=O)CCCCCCCCCCCCC. The van der Waals surface area contributed by atoms with Crippen molar-refractivity contribution in [1.29, 1.82) is 0 Å². The molecule has 0 aromatic rings. The van der Waals surface area contributed by atoms with Gasteiger partial charge >= 0.3 is 17.9 Å². The molecule has 0 saturated carbocycles. The van der Waals surface area contributed by atoms with Crippen molar-refractivity contribution < 1.29 is 38.2 Å². The van der Waals surface area contributed by atoms with Crippen LogP contribution in [0.2, 0.25) is 0 Å². The fraction of sp³-hybridized carbons (Fsp3) is 0.900. The van der Waals surface area contributed by atoms with Gasteiger partial charge in [-0.3, -0.25) is 9.59 Å². The Kier molecular flexibility index (Phi) is 40.4. The van der Waals surface area contributed by atoms with Crippen molar-refractivity contribution in [1.82, 2.24) is 0 Å². The molecule has 58 heavy (non-hydrogen) atoms. The Morgan fingerprint density at radius 1 is 0.500 bits per heavy atom. The van der Waals surface area contributed by atoms with Gasteiger partial charge in [0.1, 0.15) is 6.61 Å². The highest BCUT2D eigenvalue weighted by Crippen LogP contribution is 2.16. The average molecular weight is 823 g/mol. The molecule has 0 aliphatic rings. The molecule has 0 fully saturated rings. The Hall–Kier alpha value is -1.93. The van der Waals surface area contributed by atoms with Gasteiger partial charge in [0.15, 0.2) is 12.1 Å². The molecule has 0 radical (unpaired) electrons. The molecule has 8 nitrogen and oxygen atoms in total. The van der Waals surface area contributed by atoms with Gasteiger partial charge in [-0.1, -0.05) is 193 Å². The van der Waals surface area contributed by atoms with E-state index in [1.807, 2.05) is 21.1 Å². The van der Waals surface area contributed by atoms with Crippen LogP contribution >= 0.6 is 0 Å². The van der Waals surface area contributed by atoms with E-state index >= 15 is 0 Å². The largest absolute Gasteiger partial charge is 0.477 e. The fourth-order valence-electron chi connectivity index (χ4n) is 7.56. The molecule has 0 bridgehead atoms. The van der Waals surface area contributed by atoms with Crippen molar-refractivity contribution in [2.75, 3.05) is 41.0 Å². The molecule has 0 aliphatic carbocycles. The number of carbonyl (C=O) groups is 3. The lowest BCUT2D eigenvalue weighted by molar-refractivity contribution is -0.887. The lowest BCUT2D eigenvalue weighted by atomic mass is 10.0. The second kappa shape index (κ2) is 41.8. The van der Waals surface area contributed by atoms with Crippen LogP contribution in [-0.2, 0) is 28.6 Å². The number of carboxylic acids is 1.